The van der Waals surface area contributed by atoms with Gasteiger partial charge >= 0.3 is 0 Å². The molecule has 0 aromatic heterocycles. The number of rotatable bonds is 4. The third kappa shape index (κ3) is 3.99. The predicted molar refractivity (Wildman–Crippen MR) is 89.3 cm³/mol. The molecule has 0 heterocycles. The van der Waals surface area contributed by atoms with Crippen LogP contribution in [0.4, 0.5) is 0 Å². The maximum atomic E-state index is 5.32. The van der Waals surface area contributed by atoms with E-state index in [0.717, 1.165) is 25.1 Å². The molecule has 1 aliphatic carbocycles. The average Bonchev–Trinajstić information content (AvgIpc) is 2.53. The smallest absolute Gasteiger partial charge is 0.119 e. The highest BCUT2D eigenvalue weighted by atomic mass is 35.5. The van der Waals surface area contributed by atoms with Gasteiger partial charge in [0.25, 0.3) is 0 Å². The maximum absolute atomic E-state index is 5.32. The number of hydrogen-bond acceptors (Lipinski definition) is 2. The quantitative estimate of drug-likeness (QED) is 0.928. The highest BCUT2D eigenvalue weighted by molar-refractivity contribution is 5.85. The van der Waals surface area contributed by atoms with Gasteiger partial charge in [-0.3, -0.25) is 0 Å². The van der Waals surface area contributed by atoms with Crippen molar-refractivity contribution in [3.8, 4) is 5.75 Å². The number of benzene rings is 2. The van der Waals surface area contributed by atoms with Crippen LogP contribution >= 0.6 is 12.4 Å². The van der Waals surface area contributed by atoms with Gasteiger partial charge in [-0.1, -0.05) is 36.4 Å². The molecule has 0 radical (unpaired) electrons. The van der Waals surface area contributed by atoms with Gasteiger partial charge in [-0.2, -0.15) is 0 Å². The van der Waals surface area contributed by atoms with E-state index in [9.17, 15) is 0 Å². The molecule has 112 valence electrons. The highest BCUT2D eigenvalue weighted by Crippen LogP contribution is 2.25. The Labute approximate surface area is 132 Å². The molecule has 0 fully saturated rings. The lowest BCUT2D eigenvalue weighted by molar-refractivity contribution is 0.411. The molecule has 0 amide bonds. The van der Waals surface area contributed by atoms with E-state index in [1.54, 1.807) is 7.11 Å². The standard InChI is InChI=1S/C18H21NO.ClH/c1-20-18-10-8-15-7-9-17(11-16(15)12-18)19-13-14-5-3-2-4-6-14;/h2-6,8,10,12,17,19H,7,9,11,13H2,1H3;1H. The zero-order valence-corrected chi connectivity index (χ0v) is 13.2. The predicted octanol–water partition coefficient (Wildman–Crippen LogP) is 3.76. The first kappa shape index (κ1) is 15.9. The molecule has 2 nitrogen and oxygen atoms in total. The molecule has 2 aromatic carbocycles. The van der Waals surface area contributed by atoms with Gasteiger partial charge in [0.15, 0.2) is 0 Å². The zero-order chi connectivity index (χ0) is 13.8. The van der Waals surface area contributed by atoms with Crippen LogP contribution < -0.4 is 10.1 Å². The van der Waals surface area contributed by atoms with E-state index in [1.807, 2.05) is 0 Å². The van der Waals surface area contributed by atoms with Gasteiger partial charge in [-0.25, -0.2) is 0 Å². The summed E-state index contributed by atoms with van der Waals surface area (Å²) in [6.45, 7) is 0.949. The second kappa shape index (κ2) is 7.48. The van der Waals surface area contributed by atoms with Crippen LogP contribution in [-0.2, 0) is 19.4 Å². The van der Waals surface area contributed by atoms with Crippen molar-refractivity contribution in [2.75, 3.05) is 7.11 Å². The van der Waals surface area contributed by atoms with E-state index in [1.165, 1.54) is 23.1 Å². The Hall–Kier alpha value is -1.51. The number of nitrogens with one attached hydrogen (secondary N) is 1. The van der Waals surface area contributed by atoms with Crippen LogP contribution in [0, 0.1) is 0 Å². The summed E-state index contributed by atoms with van der Waals surface area (Å²) in [4.78, 5) is 0. The minimum atomic E-state index is 0. The van der Waals surface area contributed by atoms with Crippen LogP contribution in [0.15, 0.2) is 48.5 Å². The molecular weight excluding hydrogens is 282 g/mol. The molecule has 0 bridgehead atoms. The van der Waals surface area contributed by atoms with Crippen LogP contribution in [0.2, 0.25) is 0 Å². The van der Waals surface area contributed by atoms with E-state index < -0.39 is 0 Å². The number of methoxy groups -OCH3 is 1. The minimum absolute atomic E-state index is 0. The largest absolute Gasteiger partial charge is 0.497 e. The average molecular weight is 304 g/mol. The molecule has 3 heteroatoms. The molecule has 2 aromatic rings. The normalized spacial score (nSPS) is 16.7. The monoisotopic (exact) mass is 303 g/mol. The van der Waals surface area contributed by atoms with Gasteiger partial charge in [0.05, 0.1) is 7.11 Å². The lowest BCUT2D eigenvalue weighted by atomic mass is 9.88. The van der Waals surface area contributed by atoms with E-state index in [4.69, 9.17) is 4.74 Å². The first-order valence-corrected chi connectivity index (χ1v) is 7.28. The van der Waals surface area contributed by atoms with Gasteiger partial charge in [0.1, 0.15) is 5.75 Å². The number of hydrogen-bond donors (Lipinski definition) is 1. The van der Waals surface area contributed by atoms with Crippen molar-refractivity contribution in [1.29, 1.82) is 0 Å². The molecule has 3 rings (SSSR count). The highest BCUT2D eigenvalue weighted by Gasteiger charge is 2.18. The Morgan fingerprint density at radius 1 is 1.10 bits per heavy atom. The van der Waals surface area contributed by atoms with E-state index in [-0.39, 0.29) is 12.4 Å². The summed E-state index contributed by atoms with van der Waals surface area (Å²) in [5, 5.41) is 3.68. The molecule has 0 saturated heterocycles. The fourth-order valence-electron chi connectivity index (χ4n) is 2.89. The van der Waals surface area contributed by atoms with Crippen molar-refractivity contribution in [2.45, 2.75) is 31.8 Å². The second-order valence-corrected chi connectivity index (χ2v) is 5.44. The lowest BCUT2D eigenvalue weighted by Gasteiger charge is -2.26. The van der Waals surface area contributed by atoms with E-state index >= 15 is 0 Å². The molecule has 21 heavy (non-hydrogen) atoms. The van der Waals surface area contributed by atoms with E-state index in [0.29, 0.717) is 6.04 Å². The Morgan fingerprint density at radius 2 is 1.90 bits per heavy atom. The molecule has 0 saturated carbocycles. The first-order valence-electron chi connectivity index (χ1n) is 7.28. The van der Waals surface area contributed by atoms with Gasteiger partial charge < -0.3 is 10.1 Å². The summed E-state index contributed by atoms with van der Waals surface area (Å²) < 4.78 is 5.32. The molecule has 1 N–H and O–H groups in total. The van der Waals surface area contributed by atoms with Crippen molar-refractivity contribution >= 4 is 12.4 Å². The number of aryl methyl sites for hydroxylation is 1. The summed E-state index contributed by atoms with van der Waals surface area (Å²) in [5.74, 6) is 0.965. The number of ether oxygens (including phenoxy) is 1. The Balaban J connectivity index is 0.00000161. The summed E-state index contributed by atoms with van der Waals surface area (Å²) in [5.41, 5.74) is 4.26. The van der Waals surface area contributed by atoms with Crippen LogP contribution in [0.3, 0.4) is 0 Å². The van der Waals surface area contributed by atoms with Gasteiger partial charge in [-0.15, -0.1) is 12.4 Å². The van der Waals surface area contributed by atoms with Gasteiger partial charge in [0.2, 0.25) is 0 Å². The molecule has 1 atom stereocenters. The minimum Gasteiger partial charge on any atom is -0.497 e. The topological polar surface area (TPSA) is 21.3 Å². The van der Waals surface area contributed by atoms with Crippen LogP contribution in [-0.4, -0.2) is 13.2 Å². The fourth-order valence-corrected chi connectivity index (χ4v) is 2.89. The molecule has 1 unspecified atom stereocenters. The van der Waals surface area contributed by atoms with Crippen LogP contribution in [0.5, 0.6) is 5.75 Å². The van der Waals surface area contributed by atoms with Crippen LogP contribution in [0.1, 0.15) is 23.1 Å². The van der Waals surface area contributed by atoms with Crippen LogP contribution in [0.25, 0.3) is 0 Å². The Morgan fingerprint density at radius 3 is 2.67 bits per heavy atom. The first-order chi connectivity index (χ1) is 9.85. The van der Waals surface area contributed by atoms with Gasteiger partial charge in [-0.05, 0) is 48.1 Å². The van der Waals surface area contributed by atoms with Crippen molar-refractivity contribution in [3.05, 3.63) is 65.2 Å². The van der Waals surface area contributed by atoms with Gasteiger partial charge in [0, 0.05) is 12.6 Å². The second-order valence-electron chi connectivity index (χ2n) is 5.44. The van der Waals surface area contributed by atoms with E-state index in [2.05, 4.69) is 53.8 Å². The lowest BCUT2D eigenvalue weighted by Crippen LogP contribution is -2.34. The SMILES string of the molecule is COc1ccc2c(c1)CC(NCc1ccccc1)CC2.Cl. The Kier molecular flexibility index (Phi) is 5.66. The zero-order valence-electron chi connectivity index (χ0n) is 12.3. The number of fused-ring (bicyclic) bond motifs is 1. The molecule has 0 aliphatic heterocycles. The summed E-state index contributed by atoms with van der Waals surface area (Å²) in [6.07, 6.45) is 3.47. The maximum Gasteiger partial charge on any atom is 0.119 e. The molecule has 0 spiro atoms. The summed E-state index contributed by atoms with van der Waals surface area (Å²) in [6, 6.07) is 17.6. The third-order valence-corrected chi connectivity index (χ3v) is 4.08. The fraction of sp³-hybridized carbons (Fsp3) is 0.333. The summed E-state index contributed by atoms with van der Waals surface area (Å²) in [7, 11) is 1.73. The number of halogens is 1. The van der Waals surface area contributed by atoms with Crippen molar-refractivity contribution in [1.82, 2.24) is 5.32 Å². The van der Waals surface area contributed by atoms with Crippen molar-refractivity contribution < 1.29 is 4.74 Å². The Bertz CT molecular complexity index is 571. The molecule has 1 aliphatic rings. The van der Waals surface area contributed by atoms with Crippen molar-refractivity contribution in [2.24, 2.45) is 0 Å². The van der Waals surface area contributed by atoms with Crippen molar-refractivity contribution in [3.63, 3.8) is 0 Å². The third-order valence-electron chi connectivity index (χ3n) is 4.08. The molecular formula is C18H22ClNO. The summed E-state index contributed by atoms with van der Waals surface area (Å²) >= 11 is 0.